The van der Waals surface area contributed by atoms with Crippen LogP contribution in [-0.2, 0) is 4.74 Å². The molecule has 1 aliphatic heterocycles. The number of hydrogen-bond donors (Lipinski definition) is 3. The summed E-state index contributed by atoms with van der Waals surface area (Å²) in [7, 11) is 0. The molecule has 0 radical (unpaired) electrons. The third kappa shape index (κ3) is 2.71. The maximum absolute atomic E-state index is 13.9. The third-order valence-corrected chi connectivity index (χ3v) is 3.35. The molecule has 110 valence electrons. The quantitative estimate of drug-likeness (QED) is 0.598. The van der Waals surface area contributed by atoms with E-state index in [4.69, 9.17) is 9.84 Å². The number of aromatic amines is 1. The molecule has 1 aromatic rings. The third-order valence-electron chi connectivity index (χ3n) is 2.99. The number of hydrogen-bond acceptors (Lipinski definition) is 5. The van der Waals surface area contributed by atoms with Crippen LogP contribution >= 0.6 is 22.6 Å². The van der Waals surface area contributed by atoms with Crippen LogP contribution in [0, 0.1) is 0 Å². The zero-order valence-corrected chi connectivity index (χ0v) is 12.2. The Hall–Kier alpha value is -1.04. The molecule has 0 spiro atoms. The number of alkyl halides is 1. The zero-order chi connectivity index (χ0) is 14.9. The van der Waals surface area contributed by atoms with Crippen molar-refractivity contribution in [1.82, 2.24) is 9.55 Å². The average molecular weight is 398 g/mol. The average Bonchev–Trinajstić information content (AvgIpc) is 2.70. The van der Waals surface area contributed by atoms with E-state index in [1.165, 1.54) is 6.08 Å². The largest absolute Gasteiger partial charge is 0.394 e. The molecule has 3 N–H and O–H groups in total. The summed E-state index contributed by atoms with van der Waals surface area (Å²) in [4.78, 5) is 25.3. The number of nitrogens with one attached hydrogen (secondary N) is 1. The highest BCUT2D eigenvalue weighted by Crippen LogP contribution is 2.30. The van der Waals surface area contributed by atoms with Crippen molar-refractivity contribution >= 4 is 28.7 Å². The Morgan fingerprint density at radius 2 is 2.25 bits per heavy atom. The topological polar surface area (TPSA) is 105 Å². The SMILES string of the molecule is O=c1[nH]c(=O)n([C@@H]2O[C@H](CO)[C@@H](O)[C@@H]2F)cc1/C=C/I. The molecular formula is C11H12FIN2O5. The first kappa shape index (κ1) is 15.4. The molecule has 0 unspecified atom stereocenters. The van der Waals surface area contributed by atoms with Gasteiger partial charge in [-0.1, -0.05) is 22.6 Å². The zero-order valence-electron chi connectivity index (χ0n) is 10.1. The lowest BCUT2D eigenvalue weighted by Gasteiger charge is -2.16. The number of aromatic nitrogens is 2. The molecule has 4 atom stereocenters. The second-order valence-electron chi connectivity index (χ2n) is 4.23. The summed E-state index contributed by atoms with van der Waals surface area (Å²) in [6.07, 6.45) is -3.33. The van der Waals surface area contributed by atoms with Gasteiger partial charge in [0.2, 0.25) is 0 Å². The molecule has 0 aliphatic carbocycles. The molecule has 7 nitrogen and oxygen atoms in total. The van der Waals surface area contributed by atoms with Gasteiger partial charge in [0.1, 0.15) is 12.2 Å². The summed E-state index contributed by atoms with van der Waals surface area (Å²) in [5, 5.41) is 18.5. The summed E-state index contributed by atoms with van der Waals surface area (Å²) in [5.74, 6) is 0. The van der Waals surface area contributed by atoms with E-state index in [0.717, 1.165) is 10.8 Å². The van der Waals surface area contributed by atoms with Crippen molar-refractivity contribution in [2.75, 3.05) is 6.61 Å². The fourth-order valence-corrected chi connectivity index (χ4v) is 2.34. The minimum atomic E-state index is -1.88. The summed E-state index contributed by atoms with van der Waals surface area (Å²) >= 11 is 1.89. The molecule has 20 heavy (non-hydrogen) atoms. The highest BCUT2D eigenvalue weighted by atomic mass is 127. The van der Waals surface area contributed by atoms with E-state index in [1.54, 1.807) is 4.08 Å². The lowest BCUT2D eigenvalue weighted by Crippen LogP contribution is -2.36. The van der Waals surface area contributed by atoms with E-state index in [-0.39, 0.29) is 5.56 Å². The van der Waals surface area contributed by atoms with Crippen molar-refractivity contribution in [3.8, 4) is 0 Å². The van der Waals surface area contributed by atoms with Crippen LogP contribution < -0.4 is 11.2 Å². The summed E-state index contributed by atoms with van der Waals surface area (Å²) in [6, 6.07) is 0. The summed E-state index contributed by atoms with van der Waals surface area (Å²) < 4.78 is 21.5. The first-order chi connectivity index (χ1) is 9.49. The van der Waals surface area contributed by atoms with Crippen LogP contribution in [0.5, 0.6) is 0 Å². The van der Waals surface area contributed by atoms with Gasteiger partial charge in [0, 0.05) is 6.20 Å². The monoisotopic (exact) mass is 398 g/mol. The van der Waals surface area contributed by atoms with Crippen LogP contribution in [0.15, 0.2) is 19.9 Å². The minimum Gasteiger partial charge on any atom is -0.394 e. The molecular weight excluding hydrogens is 386 g/mol. The van der Waals surface area contributed by atoms with E-state index in [1.807, 2.05) is 27.6 Å². The summed E-state index contributed by atoms with van der Waals surface area (Å²) in [5.41, 5.74) is -1.30. The highest BCUT2D eigenvalue weighted by Gasteiger charge is 2.45. The van der Waals surface area contributed by atoms with Crippen molar-refractivity contribution in [3.63, 3.8) is 0 Å². The molecule has 1 saturated heterocycles. The van der Waals surface area contributed by atoms with Crippen LogP contribution in [0.25, 0.3) is 6.08 Å². The van der Waals surface area contributed by atoms with E-state index < -0.39 is 42.5 Å². The molecule has 1 fully saturated rings. The number of H-pyrrole nitrogens is 1. The van der Waals surface area contributed by atoms with Crippen molar-refractivity contribution in [1.29, 1.82) is 0 Å². The van der Waals surface area contributed by atoms with Gasteiger partial charge in [-0.3, -0.25) is 14.3 Å². The number of ether oxygens (including phenoxy) is 1. The molecule has 1 aliphatic rings. The van der Waals surface area contributed by atoms with E-state index in [0.29, 0.717) is 0 Å². The van der Waals surface area contributed by atoms with E-state index >= 15 is 0 Å². The minimum absolute atomic E-state index is 0.150. The first-order valence-corrected chi connectivity index (χ1v) is 6.95. The molecule has 0 aromatic carbocycles. The number of rotatable bonds is 3. The van der Waals surface area contributed by atoms with Gasteiger partial charge in [-0.2, -0.15) is 0 Å². The number of nitrogens with zero attached hydrogens (tertiary/aromatic N) is 1. The molecule has 2 heterocycles. The second kappa shape index (κ2) is 6.16. The van der Waals surface area contributed by atoms with Gasteiger partial charge in [0.15, 0.2) is 12.4 Å². The maximum atomic E-state index is 13.9. The van der Waals surface area contributed by atoms with Crippen LogP contribution in [0.2, 0.25) is 0 Å². The molecule has 9 heteroatoms. The molecule has 0 amide bonds. The van der Waals surface area contributed by atoms with Crippen LogP contribution in [0.1, 0.15) is 11.8 Å². The maximum Gasteiger partial charge on any atom is 0.330 e. The fraction of sp³-hybridized carbons (Fsp3) is 0.455. The van der Waals surface area contributed by atoms with E-state index in [2.05, 4.69) is 0 Å². The number of aliphatic hydroxyl groups is 2. The second-order valence-corrected chi connectivity index (χ2v) is 4.95. The van der Waals surface area contributed by atoms with Gasteiger partial charge in [0.25, 0.3) is 5.56 Å². The number of aliphatic hydroxyl groups excluding tert-OH is 2. The van der Waals surface area contributed by atoms with Crippen LogP contribution in [0.3, 0.4) is 0 Å². The van der Waals surface area contributed by atoms with Crippen molar-refractivity contribution in [3.05, 3.63) is 36.7 Å². The molecule has 2 rings (SSSR count). The standard InChI is InChI=1S/C11H12FIN2O5/c12-7-8(17)6(4-16)20-10(7)15-3-5(1-2-13)9(18)14-11(15)19/h1-3,6-8,10,16-17H,4H2,(H,14,18,19)/b2-1+/t6-,7+,8-,10-/m1/s1. The normalized spacial score (nSPS) is 30.2. The Kier molecular flexibility index (Phi) is 4.73. The molecule has 0 bridgehead atoms. The fourth-order valence-electron chi connectivity index (χ4n) is 1.95. The van der Waals surface area contributed by atoms with Gasteiger partial charge < -0.3 is 14.9 Å². The van der Waals surface area contributed by atoms with E-state index in [9.17, 15) is 19.1 Å². The van der Waals surface area contributed by atoms with Gasteiger partial charge in [0.05, 0.1) is 12.2 Å². The van der Waals surface area contributed by atoms with Crippen LogP contribution in [0.4, 0.5) is 4.39 Å². The van der Waals surface area contributed by atoms with Gasteiger partial charge in [-0.05, 0) is 10.2 Å². The highest BCUT2D eigenvalue weighted by molar-refractivity contribution is 14.1. The lowest BCUT2D eigenvalue weighted by molar-refractivity contribution is -0.0491. The molecule has 0 saturated carbocycles. The smallest absolute Gasteiger partial charge is 0.330 e. The summed E-state index contributed by atoms with van der Waals surface area (Å²) in [6.45, 7) is -0.573. The number of halogens is 2. The van der Waals surface area contributed by atoms with Gasteiger partial charge >= 0.3 is 5.69 Å². The Labute approximate surface area is 125 Å². The van der Waals surface area contributed by atoms with Crippen LogP contribution in [-0.4, -0.2) is 44.8 Å². The Bertz CT molecular complexity index is 628. The van der Waals surface area contributed by atoms with Crippen molar-refractivity contribution in [2.45, 2.75) is 24.6 Å². The Balaban J connectivity index is 2.46. The first-order valence-electron chi connectivity index (χ1n) is 5.70. The Morgan fingerprint density at radius 1 is 1.55 bits per heavy atom. The van der Waals surface area contributed by atoms with Gasteiger partial charge in [-0.25, -0.2) is 9.18 Å². The van der Waals surface area contributed by atoms with Crippen molar-refractivity contribution < 1.29 is 19.3 Å². The molecule has 1 aromatic heterocycles. The van der Waals surface area contributed by atoms with Gasteiger partial charge in [-0.15, -0.1) is 0 Å². The predicted molar refractivity (Wildman–Crippen MR) is 76.3 cm³/mol. The predicted octanol–water partition coefficient (Wildman–Crippen LogP) is -0.469. The van der Waals surface area contributed by atoms with Crippen molar-refractivity contribution in [2.24, 2.45) is 0 Å². The lowest BCUT2D eigenvalue weighted by atomic mass is 10.1. The Morgan fingerprint density at radius 3 is 2.80 bits per heavy atom.